The number of carbonyl (C=O) groups excluding carboxylic acids is 1. The summed E-state index contributed by atoms with van der Waals surface area (Å²) < 4.78 is 0. The second kappa shape index (κ2) is 5.36. The highest BCUT2D eigenvalue weighted by atomic mass is 32.1. The number of aryl methyl sites for hydroxylation is 1. The summed E-state index contributed by atoms with van der Waals surface area (Å²) in [5.41, 5.74) is 5.06. The van der Waals surface area contributed by atoms with Crippen LogP contribution in [0.25, 0.3) is 6.08 Å². The SMILES string of the molecule is O=C(Nc1ccc2c(c1)C=CCCC2)c1cncs1. The van der Waals surface area contributed by atoms with Gasteiger partial charge in [-0.15, -0.1) is 11.3 Å². The standard InChI is InChI=1S/C15H14N2OS/c18-15(14-9-16-10-19-14)17-13-7-6-11-4-2-1-3-5-12(11)8-13/h3,5-10H,1-2,4H2,(H,17,18). The predicted octanol–water partition coefficient (Wildman–Crippen LogP) is 3.74. The van der Waals surface area contributed by atoms with Crippen LogP contribution in [0.4, 0.5) is 5.69 Å². The molecule has 1 amide bonds. The van der Waals surface area contributed by atoms with Crippen LogP contribution in [0.2, 0.25) is 0 Å². The summed E-state index contributed by atoms with van der Waals surface area (Å²) in [5, 5.41) is 2.91. The van der Waals surface area contributed by atoms with Gasteiger partial charge in [-0.1, -0.05) is 18.2 Å². The van der Waals surface area contributed by atoms with Crippen LogP contribution in [-0.2, 0) is 6.42 Å². The maximum atomic E-state index is 12.0. The molecule has 1 aliphatic rings. The molecule has 1 heterocycles. The van der Waals surface area contributed by atoms with Gasteiger partial charge in [0.05, 0.1) is 11.7 Å². The molecule has 1 N–H and O–H groups in total. The molecule has 0 atom stereocenters. The molecule has 4 heteroatoms. The van der Waals surface area contributed by atoms with Gasteiger partial charge in [-0.2, -0.15) is 0 Å². The van der Waals surface area contributed by atoms with Gasteiger partial charge in [0, 0.05) is 5.69 Å². The highest BCUT2D eigenvalue weighted by Crippen LogP contribution is 2.23. The van der Waals surface area contributed by atoms with Crippen molar-refractivity contribution in [2.24, 2.45) is 0 Å². The molecule has 0 fully saturated rings. The van der Waals surface area contributed by atoms with E-state index in [9.17, 15) is 4.79 Å². The molecule has 0 saturated heterocycles. The molecular formula is C15H14N2OS. The molecule has 96 valence electrons. The highest BCUT2D eigenvalue weighted by Gasteiger charge is 2.09. The number of anilines is 1. The molecule has 3 nitrogen and oxygen atoms in total. The summed E-state index contributed by atoms with van der Waals surface area (Å²) in [6.07, 6.45) is 9.34. The largest absolute Gasteiger partial charge is 0.321 e. The molecule has 1 aromatic heterocycles. The molecule has 3 rings (SSSR count). The Balaban J connectivity index is 1.82. The predicted molar refractivity (Wildman–Crippen MR) is 78.5 cm³/mol. The van der Waals surface area contributed by atoms with Gasteiger partial charge >= 0.3 is 0 Å². The van der Waals surface area contributed by atoms with Crippen LogP contribution in [0.1, 0.15) is 33.6 Å². The number of carbonyl (C=O) groups is 1. The number of allylic oxidation sites excluding steroid dienone is 1. The quantitative estimate of drug-likeness (QED) is 0.903. The Morgan fingerprint density at radius 3 is 3.16 bits per heavy atom. The Kier molecular flexibility index (Phi) is 3.42. The smallest absolute Gasteiger partial charge is 0.267 e. The Bertz CT molecular complexity index is 617. The summed E-state index contributed by atoms with van der Waals surface area (Å²) in [6.45, 7) is 0. The summed E-state index contributed by atoms with van der Waals surface area (Å²) >= 11 is 1.35. The number of nitrogens with zero attached hydrogens (tertiary/aromatic N) is 1. The maximum Gasteiger partial charge on any atom is 0.267 e. The molecule has 0 unspecified atom stereocenters. The third-order valence-electron chi connectivity index (χ3n) is 3.17. The van der Waals surface area contributed by atoms with Crippen molar-refractivity contribution in [3.05, 3.63) is 52.0 Å². The van der Waals surface area contributed by atoms with Gasteiger partial charge in [0.25, 0.3) is 5.91 Å². The van der Waals surface area contributed by atoms with E-state index in [0.717, 1.165) is 18.5 Å². The fraction of sp³-hybridized carbons (Fsp3) is 0.200. The van der Waals surface area contributed by atoms with Crippen molar-refractivity contribution in [2.75, 3.05) is 5.32 Å². The first kappa shape index (κ1) is 12.1. The minimum absolute atomic E-state index is 0.0972. The summed E-state index contributed by atoms with van der Waals surface area (Å²) in [7, 11) is 0. The van der Waals surface area contributed by atoms with Crippen molar-refractivity contribution in [2.45, 2.75) is 19.3 Å². The first-order valence-electron chi connectivity index (χ1n) is 6.32. The number of fused-ring (bicyclic) bond motifs is 1. The van der Waals surface area contributed by atoms with Gasteiger partial charge in [0.1, 0.15) is 4.88 Å². The van der Waals surface area contributed by atoms with Gasteiger partial charge < -0.3 is 5.32 Å². The third kappa shape index (κ3) is 2.74. The van der Waals surface area contributed by atoms with Crippen LogP contribution < -0.4 is 5.32 Å². The zero-order valence-electron chi connectivity index (χ0n) is 10.4. The monoisotopic (exact) mass is 270 g/mol. The van der Waals surface area contributed by atoms with Crippen LogP contribution in [0.3, 0.4) is 0 Å². The topological polar surface area (TPSA) is 42.0 Å². The number of hydrogen-bond acceptors (Lipinski definition) is 3. The zero-order chi connectivity index (χ0) is 13.1. The minimum atomic E-state index is -0.0972. The van der Waals surface area contributed by atoms with Crippen LogP contribution in [0.5, 0.6) is 0 Å². The van der Waals surface area contributed by atoms with Crippen molar-refractivity contribution in [1.82, 2.24) is 4.98 Å². The number of nitrogens with one attached hydrogen (secondary N) is 1. The molecule has 19 heavy (non-hydrogen) atoms. The van der Waals surface area contributed by atoms with E-state index in [4.69, 9.17) is 0 Å². The lowest BCUT2D eigenvalue weighted by atomic mass is 10.0. The summed E-state index contributed by atoms with van der Waals surface area (Å²) in [4.78, 5) is 16.5. The number of amides is 1. The normalized spacial score (nSPS) is 13.7. The second-order valence-electron chi connectivity index (χ2n) is 4.53. The molecule has 2 aromatic rings. The van der Waals surface area contributed by atoms with E-state index in [2.05, 4.69) is 28.5 Å². The van der Waals surface area contributed by atoms with Gasteiger partial charge in [-0.25, -0.2) is 0 Å². The molecule has 0 radical (unpaired) electrons. The maximum absolute atomic E-state index is 12.0. The van der Waals surface area contributed by atoms with E-state index in [1.807, 2.05) is 12.1 Å². The van der Waals surface area contributed by atoms with E-state index in [0.29, 0.717) is 4.88 Å². The fourth-order valence-corrected chi connectivity index (χ4v) is 2.71. The molecular weight excluding hydrogens is 256 g/mol. The van der Waals surface area contributed by atoms with Crippen LogP contribution >= 0.6 is 11.3 Å². The Morgan fingerprint density at radius 1 is 1.37 bits per heavy atom. The number of hydrogen-bond donors (Lipinski definition) is 1. The lowest BCUT2D eigenvalue weighted by Gasteiger charge is -2.08. The Morgan fingerprint density at radius 2 is 2.32 bits per heavy atom. The molecule has 0 spiro atoms. The highest BCUT2D eigenvalue weighted by molar-refractivity contribution is 7.11. The number of rotatable bonds is 2. The first-order chi connectivity index (χ1) is 9.33. The lowest BCUT2D eigenvalue weighted by Crippen LogP contribution is -2.10. The van der Waals surface area contributed by atoms with Crippen molar-refractivity contribution >= 4 is 29.0 Å². The molecule has 0 aliphatic heterocycles. The van der Waals surface area contributed by atoms with E-state index < -0.39 is 0 Å². The zero-order valence-corrected chi connectivity index (χ0v) is 11.2. The Hall–Kier alpha value is -1.94. The Labute approximate surface area is 116 Å². The van der Waals surface area contributed by atoms with Crippen LogP contribution in [0.15, 0.2) is 36.0 Å². The average molecular weight is 270 g/mol. The number of aromatic nitrogens is 1. The van der Waals surface area contributed by atoms with E-state index in [1.54, 1.807) is 11.7 Å². The van der Waals surface area contributed by atoms with E-state index >= 15 is 0 Å². The first-order valence-corrected chi connectivity index (χ1v) is 7.20. The number of benzene rings is 1. The van der Waals surface area contributed by atoms with E-state index in [-0.39, 0.29) is 5.91 Å². The van der Waals surface area contributed by atoms with Crippen LogP contribution in [-0.4, -0.2) is 10.9 Å². The van der Waals surface area contributed by atoms with Gasteiger partial charge in [-0.05, 0) is 42.5 Å². The number of thiazole rings is 1. The minimum Gasteiger partial charge on any atom is -0.321 e. The lowest BCUT2D eigenvalue weighted by molar-refractivity contribution is 0.103. The summed E-state index contributed by atoms with van der Waals surface area (Å²) in [6, 6.07) is 6.11. The molecule has 0 bridgehead atoms. The van der Waals surface area contributed by atoms with Crippen molar-refractivity contribution < 1.29 is 4.79 Å². The second-order valence-corrected chi connectivity index (χ2v) is 5.41. The van der Waals surface area contributed by atoms with Gasteiger partial charge in [-0.3, -0.25) is 9.78 Å². The van der Waals surface area contributed by atoms with Crippen molar-refractivity contribution in [3.63, 3.8) is 0 Å². The van der Waals surface area contributed by atoms with Crippen molar-refractivity contribution in [1.29, 1.82) is 0 Å². The van der Waals surface area contributed by atoms with Crippen LogP contribution in [0, 0.1) is 0 Å². The van der Waals surface area contributed by atoms with E-state index in [1.165, 1.54) is 28.9 Å². The molecule has 1 aromatic carbocycles. The average Bonchev–Trinajstić information content (AvgIpc) is 2.85. The van der Waals surface area contributed by atoms with Gasteiger partial charge in [0.2, 0.25) is 0 Å². The molecule has 0 saturated carbocycles. The molecule has 1 aliphatic carbocycles. The third-order valence-corrected chi connectivity index (χ3v) is 3.95. The van der Waals surface area contributed by atoms with Gasteiger partial charge in [0.15, 0.2) is 0 Å². The fourth-order valence-electron chi connectivity index (χ4n) is 2.20. The van der Waals surface area contributed by atoms with Crippen molar-refractivity contribution in [3.8, 4) is 0 Å². The summed E-state index contributed by atoms with van der Waals surface area (Å²) in [5.74, 6) is -0.0972.